The molecule has 88 valence electrons. The van der Waals surface area contributed by atoms with Crippen molar-refractivity contribution in [2.24, 2.45) is 0 Å². The zero-order valence-corrected chi connectivity index (χ0v) is 9.73. The van der Waals surface area contributed by atoms with Crippen LogP contribution in [-0.4, -0.2) is 17.3 Å². The minimum atomic E-state index is -0.553. The van der Waals surface area contributed by atoms with Gasteiger partial charge in [0.2, 0.25) is 0 Å². The van der Waals surface area contributed by atoms with E-state index in [-0.39, 0.29) is 6.10 Å². The predicted octanol–water partition coefficient (Wildman–Crippen LogP) is 2.70. The Hall–Kier alpha value is -1.55. The van der Waals surface area contributed by atoms with Crippen LogP contribution >= 0.6 is 0 Å². The first-order valence-corrected chi connectivity index (χ1v) is 5.24. The molecule has 0 heterocycles. The molecule has 0 bridgehead atoms. The van der Waals surface area contributed by atoms with Crippen molar-refractivity contribution in [2.75, 3.05) is 5.32 Å². The van der Waals surface area contributed by atoms with Crippen molar-refractivity contribution in [3.8, 4) is 0 Å². The Bertz CT molecular complexity index is 361. The lowest BCUT2D eigenvalue weighted by molar-refractivity contribution is 0.130. The molecule has 0 saturated carbocycles. The molecule has 0 fully saturated rings. The van der Waals surface area contributed by atoms with Crippen LogP contribution in [0.3, 0.4) is 0 Å². The van der Waals surface area contributed by atoms with Crippen LogP contribution in [0.1, 0.15) is 32.4 Å². The third-order valence-corrected chi connectivity index (χ3v) is 1.96. The van der Waals surface area contributed by atoms with Gasteiger partial charge in [-0.15, -0.1) is 0 Å². The first-order chi connectivity index (χ1) is 7.49. The number of anilines is 1. The lowest BCUT2D eigenvalue weighted by Crippen LogP contribution is -2.18. The first-order valence-electron chi connectivity index (χ1n) is 5.24. The van der Waals surface area contributed by atoms with Crippen molar-refractivity contribution in [3.63, 3.8) is 0 Å². The van der Waals surface area contributed by atoms with Gasteiger partial charge in [-0.1, -0.05) is 12.1 Å². The predicted molar refractivity (Wildman–Crippen MR) is 62.3 cm³/mol. The molecule has 0 aliphatic carbocycles. The Morgan fingerprint density at radius 1 is 1.38 bits per heavy atom. The van der Waals surface area contributed by atoms with Crippen molar-refractivity contribution in [1.82, 2.24) is 0 Å². The molecule has 0 radical (unpaired) electrons. The Morgan fingerprint density at radius 3 is 2.62 bits per heavy atom. The monoisotopic (exact) mass is 223 g/mol. The molecule has 0 aromatic heterocycles. The highest BCUT2D eigenvalue weighted by molar-refractivity contribution is 5.84. The molecular formula is C12H17NO3. The average Bonchev–Trinajstić information content (AvgIpc) is 2.16. The van der Waals surface area contributed by atoms with E-state index in [0.717, 1.165) is 5.56 Å². The summed E-state index contributed by atoms with van der Waals surface area (Å²) in [5.41, 5.74) is 1.37. The fraction of sp³-hybridized carbons (Fsp3) is 0.417. The number of aliphatic hydroxyl groups is 1. The maximum Gasteiger partial charge on any atom is 0.411 e. The van der Waals surface area contributed by atoms with E-state index in [1.54, 1.807) is 45.0 Å². The number of hydrogen-bond donors (Lipinski definition) is 2. The van der Waals surface area contributed by atoms with Gasteiger partial charge < -0.3 is 9.84 Å². The molecule has 1 aromatic rings. The zero-order valence-electron chi connectivity index (χ0n) is 9.73. The second-order valence-electron chi connectivity index (χ2n) is 3.88. The van der Waals surface area contributed by atoms with Crippen molar-refractivity contribution in [1.29, 1.82) is 0 Å². The third kappa shape index (κ3) is 3.90. The van der Waals surface area contributed by atoms with Gasteiger partial charge in [-0.05, 0) is 38.5 Å². The highest BCUT2D eigenvalue weighted by atomic mass is 16.6. The molecule has 4 nitrogen and oxygen atoms in total. The summed E-state index contributed by atoms with van der Waals surface area (Å²) in [5.74, 6) is 0. The summed E-state index contributed by atoms with van der Waals surface area (Å²) in [7, 11) is 0. The molecule has 2 N–H and O–H groups in total. The summed E-state index contributed by atoms with van der Waals surface area (Å²) in [6.45, 7) is 5.24. The van der Waals surface area contributed by atoms with Crippen molar-refractivity contribution in [2.45, 2.75) is 33.0 Å². The van der Waals surface area contributed by atoms with Gasteiger partial charge in [-0.2, -0.15) is 0 Å². The van der Waals surface area contributed by atoms with Crippen LogP contribution < -0.4 is 5.32 Å². The van der Waals surface area contributed by atoms with E-state index in [2.05, 4.69) is 5.32 Å². The molecule has 0 aliphatic rings. The van der Waals surface area contributed by atoms with Crippen LogP contribution in [0, 0.1) is 0 Å². The Kier molecular flexibility index (Phi) is 4.31. The van der Waals surface area contributed by atoms with E-state index in [0.29, 0.717) is 5.69 Å². The lowest BCUT2D eigenvalue weighted by Gasteiger charge is -2.11. The summed E-state index contributed by atoms with van der Waals surface area (Å²) in [4.78, 5) is 11.3. The fourth-order valence-electron chi connectivity index (χ4n) is 1.24. The van der Waals surface area contributed by atoms with Crippen LogP contribution in [0.5, 0.6) is 0 Å². The number of benzene rings is 1. The van der Waals surface area contributed by atoms with Gasteiger partial charge in [0.15, 0.2) is 0 Å². The van der Waals surface area contributed by atoms with Gasteiger partial charge in [0.1, 0.15) is 0 Å². The topological polar surface area (TPSA) is 58.6 Å². The highest BCUT2D eigenvalue weighted by Gasteiger charge is 2.07. The molecule has 0 aliphatic heterocycles. The minimum Gasteiger partial charge on any atom is -0.447 e. The number of carbonyl (C=O) groups is 1. The number of carbonyl (C=O) groups excluding carboxylic acids is 1. The second-order valence-corrected chi connectivity index (χ2v) is 3.88. The number of amides is 1. The third-order valence-electron chi connectivity index (χ3n) is 1.96. The van der Waals surface area contributed by atoms with E-state index in [4.69, 9.17) is 4.74 Å². The van der Waals surface area contributed by atoms with Crippen molar-refractivity contribution in [3.05, 3.63) is 29.8 Å². The normalized spacial score (nSPS) is 12.3. The average molecular weight is 223 g/mol. The molecule has 1 rings (SSSR count). The Labute approximate surface area is 95.2 Å². The fourth-order valence-corrected chi connectivity index (χ4v) is 1.24. The number of ether oxygens (including phenoxy) is 1. The van der Waals surface area contributed by atoms with Gasteiger partial charge >= 0.3 is 6.09 Å². The van der Waals surface area contributed by atoms with Crippen LogP contribution in [-0.2, 0) is 4.74 Å². The summed E-state index contributed by atoms with van der Waals surface area (Å²) in [5, 5.41) is 12.0. The van der Waals surface area contributed by atoms with Crippen LogP contribution in [0.2, 0.25) is 0 Å². The minimum absolute atomic E-state index is 0.153. The number of hydrogen-bond acceptors (Lipinski definition) is 3. The quantitative estimate of drug-likeness (QED) is 0.828. The SMILES string of the molecule is CC(C)OC(=O)Nc1cccc(C(C)O)c1. The van der Waals surface area contributed by atoms with Gasteiger partial charge in [0.25, 0.3) is 0 Å². The van der Waals surface area contributed by atoms with E-state index < -0.39 is 12.2 Å². The van der Waals surface area contributed by atoms with Crippen LogP contribution in [0.15, 0.2) is 24.3 Å². The smallest absolute Gasteiger partial charge is 0.411 e. The van der Waals surface area contributed by atoms with Gasteiger partial charge in [0, 0.05) is 5.69 Å². The van der Waals surface area contributed by atoms with E-state index in [9.17, 15) is 9.90 Å². The molecule has 1 unspecified atom stereocenters. The van der Waals surface area contributed by atoms with Crippen LogP contribution in [0.4, 0.5) is 10.5 Å². The lowest BCUT2D eigenvalue weighted by atomic mass is 10.1. The maximum atomic E-state index is 11.3. The molecule has 1 amide bonds. The number of rotatable bonds is 3. The van der Waals surface area contributed by atoms with Gasteiger partial charge in [0.05, 0.1) is 12.2 Å². The summed E-state index contributed by atoms with van der Waals surface area (Å²) in [6.07, 6.45) is -1.19. The molecule has 0 saturated heterocycles. The van der Waals surface area contributed by atoms with E-state index in [1.807, 2.05) is 0 Å². The molecule has 16 heavy (non-hydrogen) atoms. The highest BCUT2D eigenvalue weighted by Crippen LogP contribution is 2.17. The molecule has 0 spiro atoms. The van der Waals surface area contributed by atoms with E-state index in [1.165, 1.54) is 0 Å². The van der Waals surface area contributed by atoms with Gasteiger partial charge in [-0.25, -0.2) is 4.79 Å². The Morgan fingerprint density at radius 2 is 2.06 bits per heavy atom. The first kappa shape index (κ1) is 12.5. The molecule has 1 aromatic carbocycles. The zero-order chi connectivity index (χ0) is 12.1. The molecule has 1 atom stereocenters. The van der Waals surface area contributed by atoms with Crippen LogP contribution in [0.25, 0.3) is 0 Å². The second kappa shape index (κ2) is 5.51. The summed E-state index contributed by atoms with van der Waals surface area (Å²) in [6, 6.07) is 7.02. The van der Waals surface area contributed by atoms with Crippen molar-refractivity contribution < 1.29 is 14.6 Å². The van der Waals surface area contributed by atoms with Crippen molar-refractivity contribution >= 4 is 11.8 Å². The largest absolute Gasteiger partial charge is 0.447 e. The molecule has 4 heteroatoms. The number of nitrogens with one attached hydrogen (secondary N) is 1. The Balaban J connectivity index is 2.67. The standard InChI is InChI=1S/C12H17NO3/c1-8(2)16-12(15)13-11-6-4-5-10(7-11)9(3)14/h4-9,14H,1-3H3,(H,13,15). The van der Waals surface area contributed by atoms with E-state index >= 15 is 0 Å². The maximum absolute atomic E-state index is 11.3. The summed E-state index contributed by atoms with van der Waals surface area (Å²) < 4.78 is 4.94. The van der Waals surface area contributed by atoms with Gasteiger partial charge in [-0.3, -0.25) is 5.32 Å². The molecular weight excluding hydrogens is 206 g/mol. The summed E-state index contributed by atoms with van der Waals surface area (Å²) >= 11 is 0. The number of aliphatic hydroxyl groups excluding tert-OH is 1.